The van der Waals surface area contributed by atoms with Gasteiger partial charge in [-0.3, -0.25) is 0 Å². The monoisotopic (exact) mass is 349 g/mol. The molecule has 1 aliphatic heterocycles. The number of hydrogen-bond acceptors (Lipinski definition) is 3. The van der Waals surface area contributed by atoms with Crippen molar-refractivity contribution in [3.05, 3.63) is 41.2 Å². The number of hydrogen-bond donors (Lipinski definition) is 0. The molecule has 2 aromatic rings. The van der Waals surface area contributed by atoms with Gasteiger partial charge in [-0.25, -0.2) is 4.68 Å². The Hall–Kier alpha value is -2.33. The largest absolute Gasteiger partial charge is 0.435 e. The maximum Gasteiger partial charge on any atom is 0.435 e. The Morgan fingerprint density at radius 1 is 1.28 bits per heavy atom. The molecule has 1 atom stereocenters. The van der Waals surface area contributed by atoms with Crippen LogP contribution in [0.4, 0.5) is 13.2 Å². The van der Waals surface area contributed by atoms with Gasteiger partial charge in [0.05, 0.1) is 12.5 Å². The number of nitriles is 1. The summed E-state index contributed by atoms with van der Waals surface area (Å²) in [5.74, 6) is 0. The minimum absolute atomic E-state index is 0.0742. The lowest BCUT2D eigenvalue weighted by Gasteiger charge is -2.24. The number of aromatic nitrogens is 2. The van der Waals surface area contributed by atoms with Crippen molar-refractivity contribution in [1.29, 1.82) is 5.26 Å². The van der Waals surface area contributed by atoms with Gasteiger partial charge in [0, 0.05) is 17.9 Å². The fourth-order valence-electron chi connectivity index (χ4n) is 3.14. The Bertz CT molecular complexity index is 782. The standard InChI is InChI=1S/C18H18F3N3O/c1-12-16(14-7-5-13(6-8-14)9-10-22)17(18(19,20)21)23-24(12)15-4-2-3-11-25-15/h5-8,15H,2-4,9,11H2,1H3. The molecule has 25 heavy (non-hydrogen) atoms. The Labute approximate surface area is 143 Å². The number of alkyl halides is 3. The van der Waals surface area contributed by atoms with Crippen molar-refractivity contribution in [1.82, 2.24) is 9.78 Å². The maximum atomic E-state index is 13.5. The van der Waals surface area contributed by atoms with E-state index in [1.807, 2.05) is 6.07 Å². The van der Waals surface area contributed by atoms with Crippen LogP contribution < -0.4 is 0 Å². The molecular weight excluding hydrogens is 331 g/mol. The van der Waals surface area contributed by atoms with Gasteiger partial charge in [-0.1, -0.05) is 24.3 Å². The predicted octanol–water partition coefficient (Wildman–Crippen LogP) is 4.64. The van der Waals surface area contributed by atoms with Crippen LogP contribution in [0.5, 0.6) is 0 Å². The zero-order valence-corrected chi connectivity index (χ0v) is 13.8. The van der Waals surface area contributed by atoms with E-state index in [2.05, 4.69) is 5.10 Å². The third-order valence-corrected chi connectivity index (χ3v) is 4.37. The fourth-order valence-corrected chi connectivity index (χ4v) is 3.14. The number of benzene rings is 1. The molecule has 0 saturated carbocycles. The molecule has 4 nitrogen and oxygen atoms in total. The Kier molecular flexibility index (Phi) is 4.82. The Morgan fingerprint density at radius 3 is 2.56 bits per heavy atom. The van der Waals surface area contributed by atoms with E-state index in [-0.39, 0.29) is 12.0 Å². The first-order valence-electron chi connectivity index (χ1n) is 8.16. The van der Waals surface area contributed by atoms with E-state index in [1.165, 1.54) is 4.68 Å². The fraction of sp³-hybridized carbons (Fsp3) is 0.444. The van der Waals surface area contributed by atoms with Crippen LogP contribution in [0, 0.1) is 18.3 Å². The Balaban J connectivity index is 2.07. The SMILES string of the molecule is Cc1c(-c2ccc(CC#N)cc2)c(C(F)(F)F)nn1C1CCCCO1. The van der Waals surface area contributed by atoms with E-state index >= 15 is 0 Å². The zero-order valence-electron chi connectivity index (χ0n) is 13.8. The van der Waals surface area contributed by atoms with Crippen molar-refractivity contribution in [2.24, 2.45) is 0 Å². The average Bonchev–Trinajstić information content (AvgIpc) is 2.94. The summed E-state index contributed by atoms with van der Waals surface area (Å²) in [6.07, 6.45) is -2.31. The van der Waals surface area contributed by atoms with E-state index in [4.69, 9.17) is 10.00 Å². The van der Waals surface area contributed by atoms with Gasteiger partial charge in [0.1, 0.15) is 6.23 Å². The van der Waals surface area contributed by atoms with Crippen LogP contribution in [0.2, 0.25) is 0 Å². The van der Waals surface area contributed by atoms with E-state index in [9.17, 15) is 13.2 Å². The van der Waals surface area contributed by atoms with Gasteiger partial charge in [-0.2, -0.15) is 23.5 Å². The minimum atomic E-state index is -4.55. The highest BCUT2D eigenvalue weighted by molar-refractivity contribution is 5.69. The number of halogens is 3. The highest BCUT2D eigenvalue weighted by Crippen LogP contribution is 2.40. The summed E-state index contributed by atoms with van der Waals surface area (Å²) >= 11 is 0. The highest BCUT2D eigenvalue weighted by Gasteiger charge is 2.40. The molecule has 1 saturated heterocycles. The molecule has 3 rings (SSSR count). The molecule has 1 fully saturated rings. The lowest BCUT2D eigenvalue weighted by atomic mass is 10.0. The maximum absolute atomic E-state index is 13.5. The number of nitrogens with zero attached hydrogens (tertiary/aromatic N) is 3. The molecule has 1 unspecified atom stereocenters. The summed E-state index contributed by atoms with van der Waals surface area (Å²) in [7, 11) is 0. The molecule has 0 aliphatic carbocycles. The van der Waals surface area contributed by atoms with Crippen LogP contribution in [-0.2, 0) is 17.3 Å². The summed E-state index contributed by atoms with van der Waals surface area (Å²) in [6.45, 7) is 2.17. The van der Waals surface area contributed by atoms with Crippen LogP contribution in [0.15, 0.2) is 24.3 Å². The van der Waals surface area contributed by atoms with Crippen molar-refractivity contribution in [2.45, 2.75) is 45.0 Å². The molecule has 1 aromatic heterocycles. The first-order valence-corrected chi connectivity index (χ1v) is 8.16. The molecule has 0 spiro atoms. The molecule has 2 heterocycles. The normalized spacial score (nSPS) is 18.1. The second-order valence-corrected chi connectivity index (χ2v) is 6.10. The molecular formula is C18H18F3N3O. The van der Waals surface area contributed by atoms with Crippen molar-refractivity contribution < 1.29 is 17.9 Å². The van der Waals surface area contributed by atoms with Gasteiger partial charge in [0.15, 0.2) is 5.69 Å². The van der Waals surface area contributed by atoms with Crippen LogP contribution in [0.25, 0.3) is 11.1 Å². The van der Waals surface area contributed by atoms with Gasteiger partial charge < -0.3 is 4.74 Å². The molecule has 7 heteroatoms. The summed E-state index contributed by atoms with van der Waals surface area (Å²) in [5, 5.41) is 12.6. The molecule has 1 aliphatic rings. The number of ether oxygens (including phenoxy) is 1. The van der Waals surface area contributed by atoms with Gasteiger partial charge in [-0.05, 0) is 37.3 Å². The second-order valence-electron chi connectivity index (χ2n) is 6.10. The van der Waals surface area contributed by atoms with Gasteiger partial charge in [0.25, 0.3) is 0 Å². The van der Waals surface area contributed by atoms with Crippen molar-refractivity contribution in [3.8, 4) is 17.2 Å². The first-order chi connectivity index (χ1) is 11.9. The lowest BCUT2D eigenvalue weighted by Crippen LogP contribution is -2.20. The molecule has 0 bridgehead atoms. The molecule has 0 radical (unpaired) electrons. The summed E-state index contributed by atoms with van der Waals surface area (Å²) in [6, 6.07) is 8.59. The van der Waals surface area contributed by atoms with Crippen LogP contribution in [0.1, 0.15) is 42.4 Å². The smallest absolute Gasteiger partial charge is 0.357 e. The van der Waals surface area contributed by atoms with Gasteiger partial charge in [-0.15, -0.1) is 0 Å². The van der Waals surface area contributed by atoms with Crippen LogP contribution in [0.3, 0.4) is 0 Å². The van der Waals surface area contributed by atoms with Crippen LogP contribution in [-0.4, -0.2) is 16.4 Å². The van der Waals surface area contributed by atoms with Gasteiger partial charge in [0.2, 0.25) is 0 Å². The van der Waals surface area contributed by atoms with Gasteiger partial charge >= 0.3 is 6.18 Å². The van der Waals surface area contributed by atoms with E-state index in [0.29, 0.717) is 24.3 Å². The lowest BCUT2D eigenvalue weighted by molar-refractivity contribution is -0.141. The summed E-state index contributed by atoms with van der Waals surface area (Å²) in [4.78, 5) is 0. The van der Waals surface area contributed by atoms with Crippen LogP contribution >= 0.6 is 0 Å². The zero-order chi connectivity index (χ0) is 18.0. The average molecular weight is 349 g/mol. The minimum Gasteiger partial charge on any atom is -0.357 e. The predicted molar refractivity (Wildman–Crippen MR) is 85.6 cm³/mol. The third-order valence-electron chi connectivity index (χ3n) is 4.37. The summed E-state index contributed by atoms with van der Waals surface area (Å²) in [5.41, 5.74) is 0.818. The van der Waals surface area contributed by atoms with E-state index < -0.39 is 18.1 Å². The topological polar surface area (TPSA) is 50.8 Å². The molecule has 1 aromatic carbocycles. The Morgan fingerprint density at radius 2 is 2.00 bits per heavy atom. The summed E-state index contributed by atoms with van der Waals surface area (Å²) < 4.78 is 47.6. The quantitative estimate of drug-likeness (QED) is 0.811. The van der Waals surface area contributed by atoms with E-state index in [1.54, 1.807) is 31.2 Å². The molecule has 0 N–H and O–H groups in total. The first kappa shape index (κ1) is 17.5. The van der Waals surface area contributed by atoms with E-state index in [0.717, 1.165) is 18.4 Å². The van der Waals surface area contributed by atoms with Crippen molar-refractivity contribution in [3.63, 3.8) is 0 Å². The molecule has 0 amide bonds. The third kappa shape index (κ3) is 3.54. The number of rotatable bonds is 3. The second kappa shape index (κ2) is 6.89. The van der Waals surface area contributed by atoms with Crippen molar-refractivity contribution >= 4 is 0 Å². The van der Waals surface area contributed by atoms with Crippen molar-refractivity contribution in [2.75, 3.05) is 6.61 Å². The highest BCUT2D eigenvalue weighted by atomic mass is 19.4. The molecule has 132 valence electrons.